The van der Waals surface area contributed by atoms with E-state index in [1.165, 1.54) is 0 Å². The van der Waals surface area contributed by atoms with Gasteiger partial charge in [0.1, 0.15) is 5.76 Å². The van der Waals surface area contributed by atoms with E-state index in [9.17, 15) is 4.79 Å². The van der Waals surface area contributed by atoms with Crippen LogP contribution in [0, 0.1) is 0 Å². The summed E-state index contributed by atoms with van der Waals surface area (Å²) < 4.78 is 10.0. The number of aryl methyl sites for hydroxylation is 1. The average Bonchev–Trinajstić information content (AvgIpc) is 2.84. The van der Waals surface area contributed by atoms with Crippen LogP contribution in [0.1, 0.15) is 12.2 Å². The van der Waals surface area contributed by atoms with Crippen molar-refractivity contribution < 1.29 is 13.9 Å². The Morgan fingerprint density at radius 3 is 3.00 bits per heavy atom. The highest BCUT2D eigenvalue weighted by atomic mass is 16.5. The first-order valence-electron chi connectivity index (χ1n) is 5.81. The number of ether oxygens (including phenoxy) is 1. The molecule has 0 fully saturated rings. The van der Waals surface area contributed by atoms with E-state index < -0.39 is 0 Å². The number of hydrogen-bond donors (Lipinski definition) is 2. The molecule has 0 aromatic carbocycles. The Labute approximate surface area is 102 Å². The van der Waals surface area contributed by atoms with Crippen LogP contribution in [0.2, 0.25) is 0 Å². The number of furan rings is 1. The fraction of sp³-hybridized carbons (Fsp3) is 0.583. The van der Waals surface area contributed by atoms with Crippen LogP contribution in [0.4, 0.5) is 0 Å². The second-order valence-corrected chi connectivity index (χ2v) is 3.67. The first-order valence-corrected chi connectivity index (χ1v) is 5.81. The molecule has 5 heteroatoms. The van der Waals surface area contributed by atoms with Gasteiger partial charge in [-0.05, 0) is 12.1 Å². The van der Waals surface area contributed by atoms with Crippen molar-refractivity contribution in [3.63, 3.8) is 0 Å². The van der Waals surface area contributed by atoms with Crippen LogP contribution in [-0.4, -0.2) is 39.3 Å². The molecule has 0 aliphatic carbocycles. The Morgan fingerprint density at radius 1 is 1.41 bits per heavy atom. The quantitative estimate of drug-likeness (QED) is 0.619. The summed E-state index contributed by atoms with van der Waals surface area (Å²) in [5.41, 5.74) is 0. The lowest BCUT2D eigenvalue weighted by Crippen LogP contribution is -2.33. The number of amides is 1. The third-order valence-electron chi connectivity index (χ3n) is 2.29. The summed E-state index contributed by atoms with van der Waals surface area (Å²) in [5.74, 6) is 0.897. The number of methoxy groups -OCH3 is 1. The monoisotopic (exact) mass is 240 g/mol. The molecule has 96 valence electrons. The molecule has 0 unspecified atom stereocenters. The van der Waals surface area contributed by atoms with Gasteiger partial charge < -0.3 is 19.8 Å². The molecular weight excluding hydrogens is 220 g/mol. The van der Waals surface area contributed by atoms with Crippen LogP contribution in [-0.2, 0) is 16.0 Å². The zero-order valence-corrected chi connectivity index (χ0v) is 10.2. The molecule has 0 aliphatic heterocycles. The zero-order valence-electron chi connectivity index (χ0n) is 10.2. The van der Waals surface area contributed by atoms with E-state index in [1.54, 1.807) is 13.4 Å². The maximum Gasteiger partial charge on any atom is 0.220 e. The first-order chi connectivity index (χ1) is 8.33. The van der Waals surface area contributed by atoms with E-state index in [-0.39, 0.29) is 5.91 Å². The lowest BCUT2D eigenvalue weighted by atomic mass is 10.2. The van der Waals surface area contributed by atoms with E-state index in [4.69, 9.17) is 9.15 Å². The number of rotatable bonds is 9. The van der Waals surface area contributed by atoms with Gasteiger partial charge in [0.25, 0.3) is 0 Å². The minimum absolute atomic E-state index is 0.0509. The zero-order chi connectivity index (χ0) is 12.3. The second-order valence-electron chi connectivity index (χ2n) is 3.67. The van der Waals surface area contributed by atoms with Crippen LogP contribution in [0.15, 0.2) is 22.8 Å². The van der Waals surface area contributed by atoms with Crippen molar-refractivity contribution in [1.82, 2.24) is 10.6 Å². The normalized spacial score (nSPS) is 10.4. The Morgan fingerprint density at radius 2 is 2.29 bits per heavy atom. The van der Waals surface area contributed by atoms with E-state index in [0.29, 0.717) is 26.0 Å². The molecule has 1 amide bonds. The summed E-state index contributed by atoms with van der Waals surface area (Å²) in [6.07, 6.45) is 2.73. The highest BCUT2D eigenvalue weighted by Gasteiger charge is 2.02. The van der Waals surface area contributed by atoms with Crippen molar-refractivity contribution in [2.45, 2.75) is 12.8 Å². The van der Waals surface area contributed by atoms with Crippen LogP contribution < -0.4 is 10.6 Å². The van der Waals surface area contributed by atoms with Gasteiger partial charge >= 0.3 is 0 Å². The van der Waals surface area contributed by atoms with Gasteiger partial charge in [0.15, 0.2) is 0 Å². The third kappa shape index (κ3) is 6.76. The fourth-order valence-corrected chi connectivity index (χ4v) is 1.37. The molecule has 1 rings (SSSR count). The Balaban J connectivity index is 1.94. The SMILES string of the molecule is COCCNCCNC(=O)CCc1ccco1. The van der Waals surface area contributed by atoms with E-state index in [0.717, 1.165) is 18.8 Å². The van der Waals surface area contributed by atoms with E-state index in [2.05, 4.69) is 10.6 Å². The third-order valence-corrected chi connectivity index (χ3v) is 2.29. The molecule has 0 aliphatic rings. The van der Waals surface area contributed by atoms with Crippen molar-refractivity contribution in [2.75, 3.05) is 33.4 Å². The van der Waals surface area contributed by atoms with Gasteiger partial charge in [-0.15, -0.1) is 0 Å². The van der Waals surface area contributed by atoms with Crippen LogP contribution >= 0.6 is 0 Å². The Kier molecular flexibility index (Phi) is 7.09. The first kappa shape index (κ1) is 13.7. The Bertz CT molecular complexity index is 299. The molecule has 0 bridgehead atoms. The predicted molar refractivity (Wildman–Crippen MR) is 64.8 cm³/mol. The summed E-state index contributed by atoms with van der Waals surface area (Å²) in [4.78, 5) is 11.4. The lowest BCUT2D eigenvalue weighted by Gasteiger charge is -2.05. The van der Waals surface area contributed by atoms with E-state index >= 15 is 0 Å². The minimum atomic E-state index is 0.0509. The standard InChI is InChI=1S/C12H20N2O3/c1-16-10-8-13-6-7-14-12(15)5-4-11-3-2-9-17-11/h2-3,9,13H,4-8,10H2,1H3,(H,14,15). The molecule has 0 spiro atoms. The molecule has 0 radical (unpaired) electrons. The molecule has 0 saturated carbocycles. The molecule has 5 nitrogen and oxygen atoms in total. The summed E-state index contributed by atoms with van der Waals surface area (Å²) in [6.45, 7) is 2.89. The molecule has 17 heavy (non-hydrogen) atoms. The Hall–Kier alpha value is -1.33. The summed E-state index contributed by atoms with van der Waals surface area (Å²) in [7, 11) is 1.66. The molecule has 0 saturated heterocycles. The number of nitrogens with one attached hydrogen (secondary N) is 2. The van der Waals surface area contributed by atoms with Gasteiger partial charge in [0, 0.05) is 39.6 Å². The van der Waals surface area contributed by atoms with Gasteiger partial charge in [-0.25, -0.2) is 0 Å². The molecule has 0 atom stereocenters. The average molecular weight is 240 g/mol. The van der Waals surface area contributed by atoms with Gasteiger partial charge in [-0.3, -0.25) is 4.79 Å². The van der Waals surface area contributed by atoms with Gasteiger partial charge in [0.2, 0.25) is 5.91 Å². The van der Waals surface area contributed by atoms with Crippen molar-refractivity contribution in [1.29, 1.82) is 0 Å². The number of hydrogen-bond acceptors (Lipinski definition) is 4. The summed E-state index contributed by atoms with van der Waals surface area (Å²) >= 11 is 0. The molecular formula is C12H20N2O3. The van der Waals surface area contributed by atoms with Crippen LogP contribution in [0.5, 0.6) is 0 Å². The maximum atomic E-state index is 11.4. The number of carbonyl (C=O) groups excluding carboxylic acids is 1. The van der Waals surface area contributed by atoms with Gasteiger partial charge in [0.05, 0.1) is 12.9 Å². The number of carbonyl (C=O) groups is 1. The molecule has 2 N–H and O–H groups in total. The highest BCUT2D eigenvalue weighted by Crippen LogP contribution is 2.02. The lowest BCUT2D eigenvalue weighted by molar-refractivity contribution is -0.121. The van der Waals surface area contributed by atoms with E-state index in [1.807, 2.05) is 12.1 Å². The minimum Gasteiger partial charge on any atom is -0.469 e. The summed E-state index contributed by atoms with van der Waals surface area (Å²) in [5, 5.41) is 5.99. The maximum absolute atomic E-state index is 11.4. The van der Waals surface area contributed by atoms with Crippen molar-refractivity contribution >= 4 is 5.91 Å². The van der Waals surface area contributed by atoms with Crippen LogP contribution in [0.3, 0.4) is 0 Å². The van der Waals surface area contributed by atoms with Crippen molar-refractivity contribution in [2.24, 2.45) is 0 Å². The van der Waals surface area contributed by atoms with Crippen LogP contribution in [0.25, 0.3) is 0 Å². The smallest absolute Gasteiger partial charge is 0.220 e. The molecule has 1 heterocycles. The highest BCUT2D eigenvalue weighted by molar-refractivity contribution is 5.76. The summed E-state index contributed by atoms with van der Waals surface area (Å²) in [6, 6.07) is 3.70. The largest absolute Gasteiger partial charge is 0.469 e. The fourth-order valence-electron chi connectivity index (χ4n) is 1.37. The predicted octanol–water partition coefficient (Wildman–Crippen LogP) is 0.564. The van der Waals surface area contributed by atoms with Gasteiger partial charge in [-0.1, -0.05) is 0 Å². The second kappa shape index (κ2) is 8.78. The van der Waals surface area contributed by atoms with Crippen molar-refractivity contribution in [3.8, 4) is 0 Å². The van der Waals surface area contributed by atoms with Gasteiger partial charge in [-0.2, -0.15) is 0 Å². The topological polar surface area (TPSA) is 63.5 Å². The molecule has 1 aromatic rings. The molecule has 1 aromatic heterocycles. The van der Waals surface area contributed by atoms with Crippen molar-refractivity contribution in [3.05, 3.63) is 24.2 Å².